The number of phenolic OH excluding ortho intramolecular Hbond substituents is 1. The minimum Gasteiger partial charge on any atom is -0.508 e. The fourth-order valence-electron chi connectivity index (χ4n) is 2.56. The third-order valence-electron chi connectivity index (χ3n) is 3.11. The molecule has 70 valence electrons. The average molecular weight is 176 g/mol. The number of hydrogen-bond acceptors (Lipinski definition) is 1. The topological polar surface area (TPSA) is 20.2 Å². The van der Waals surface area contributed by atoms with Crippen molar-refractivity contribution in [1.82, 2.24) is 0 Å². The second-order valence-electron chi connectivity index (χ2n) is 4.76. The van der Waals surface area contributed by atoms with Crippen LogP contribution in [0.4, 0.5) is 0 Å². The van der Waals surface area contributed by atoms with Crippen LogP contribution in [-0.2, 0) is 5.41 Å². The largest absolute Gasteiger partial charge is 0.508 e. The van der Waals surface area contributed by atoms with Crippen LogP contribution in [0.15, 0.2) is 18.2 Å². The summed E-state index contributed by atoms with van der Waals surface area (Å²) < 4.78 is 0. The summed E-state index contributed by atoms with van der Waals surface area (Å²) >= 11 is 0. The van der Waals surface area contributed by atoms with Gasteiger partial charge in [-0.05, 0) is 41.0 Å². The first-order valence-electron chi connectivity index (χ1n) is 4.84. The number of phenols is 1. The zero-order valence-electron chi connectivity index (χ0n) is 8.46. The van der Waals surface area contributed by atoms with Crippen LogP contribution in [0.5, 0.6) is 5.75 Å². The maximum absolute atomic E-state index is 9.38. The number of fused-ring (bicyclic) bond motifs is 1. The smallest absolute Gasteiger partial charge is 0.115 e. The van der Waals surface area contributed by atoms with Crippen LogP contribution < -0.4 is 0 Å². The first-order valence-corrected chi connectivity index (χ1v) is 4.84. The van der Waals surface area contributed by atoms with Crippen molar-refractivity contribution in [1.29, 1.82) is 0 Å². The maximum atomic E-state index is 9.38. The van der Waals surface area contributed by atoms with Crippen LogP contribution in [0.25, 0.3) is 0 Å². The summed E-state index contributed by atoms with van der Waals surface area (Å²) in [6.45, 7) is 6.77. The summed E-state index contributed by atoms with van der Waals surface area (Å²) in [6, 6.07) is 5.77. The molecule has 1 aliphatic rings. The molecule has 1 atom stereocenters. The molecule has 1 N–H and O–H groups in total. The van der Waals surface area contributed by atoms with Crippen molar-refractivity contribution in [3.8, 4) is 5.75 Å². The van der Waals surface area contributed by atoms with Gasteiger partial charge >= 0.3 is 0 Å². The Morgan fingerprint density at radius 3 is 2.77 bits per heavy atom. The van der Waals surface area contributed by atoms with E-state index in [0.717, 1.165) is 0 Å². The minimum absolute atomic E-state index is 0.280. The van der Waals surface area contributed by atoms with Crippen LogP contribution in [-0.4, -0.2) is 5.11 Å². The highest BCUT2D eigenvalue weighted by atomic mass is 16.3. The van der Waals surface area contributed by atoms with Crippen LogP contribution in [0.3, 0.4) is 0 Å². The molecule has 1 heteroatoms. The van der Waals surface area contributed by atoms with Gasteiger partial charge in [-0.1, -0.05) is 26.8 Å². The van der Waals surface area contributed by atoms with Crippen molar-refractivity contribution in [2.75, 3.05) is 0 Å². The Balaban J connectivity index is 2.59. The average Bonchev–Trinajstić information content (AvgIpc) is 2.22. The predicted molar refractivity (Wildman–Crippen MR) is 54.2 cm³/mol. The molecule has 0 heterocycles. The molecule has 0 bridgehead atoms. The lowest BCUT2D eigenvalue weighted by Crippen LogP contribution is -2.11. The van der Waals surface area contributed by atoms with Gasteiger partial charge in [-0.2, -0.15) is 0 Å². The van der Waals surface area contributed by atoms with Crippen molar-refractivity contribution >= 4 is 0 Å². The first-order chi connectivity index (χ1) is 6.00. The van der Waals surface area contributed by atoms with E-state index in [0.29, 0.717) is 11.7 Å². The molecule has 1 nitrogen and oxygen atoms in total. The second kappa shape index (κ2) is 2.50. The highest BCUT2D eigenvalue weighted by molar-refractivity contribution is 5.45. The standard InChI is InChI=1S/C12H16O/c1-8-7-12(2,3)11-5-4-9(13)6-10(8)11/h4-6,8,13H,7H2,1-3H3/t8-/m0/s1. The molecule has 0 radical (unpaired) electrons. The van der Waals surface area contributed by atoms with Gasteiger partial charge in [0.25, 0.3) is 0 Å². The molecule has 0 aliphatic heterocycles. The van der Waals surface area contributed by atoms with Gasteiger partial charge in [0.2, 0.25) is 0 Å². The Bertz CT molecular complexity index is 339. The van der Waals surface area contributed by atoms with Crippen molar-refractivity contribution in [2.45, 2.75) is 38.5 Å². The molecule has 0 saturated heterocycles. The van der Waals surface area contributed by atoms with E-state index in [2.05, 4.69) is 26.8 Å². The van der Waals surface area contributed by atoms with Crippen LogP contribution in [0.1, 0.15) is 44.2 Å². The van der Waals surface area contributed by atoms with Crippen LogP contribution in [0, 0.1) is 0 Å². The fraction of sp³-hybridized carbons (Fsp3) is 0.500. The summed E-state index contributed by atoms with van der Waals surface area (Å²) in [4.78, 5) is 0. The van der Waals surface area contributed by atoms with E-state index in [-0.39, 0.29) is 5.41 Å². The lowest BCUT2D eigenvalue weighted by Gasteiger charge is -2.18. The first kappa shape index (κ1) is 8.61. The molecule has 0 spiro atoms. The summed E-state index contributed by atoms with van der Waals surface area (Å²) in [5.41, 5.74) is 3.01. The molecule has 2 rings (SSSR count). The lowest BCUT2D eigenvalue weighted by atomic mass is 9.86. The molecule has 1 aromatic rings. The number of rotatable bonds is 0. The van der Waals surface area contributed by atoms with E-state index in [1.165, 1.54) is 17.5 Å². The van der Waals surface area contributed by atoms with Crippen molar-refractivity contribution in [3.63, 3.8) is 0 Å². The highest BCUT2D eigenvalue weighted by Gasteiger charge is 2.34. The zero-order chi connectivity index (χ0) is 9.64. The quantitative estimate of drug-likeness (QED) is 0.643. The van der Waals surface area contributed by atoms with Gasteiger partial charge in [-0.15, -0.1) is 0 Å². The number of aromatic hydroxyl groups is 1. The Kier molecular flexibility index (Phi) is 1.66. The van der Waals surface area contributed by atoms with Gasteiger partial charge in [0.05, 0.1) is 0 Å². The van der Waals surface area contributed by atoms with Crippen LogP contribution >= 0.6 is 0 Å². The van der Waals surface area contributed by atoms with E-state index >= 15 is 0 Å². The molecular weight excluding hydrogens is 160 g/mol. The van der Waals surface area contributed by atoms with Gasteiger partial charge in [-0.3, -0.25) is 0 Å². The molecule has 1 aromatic carbocycles. The number of hydrogen-bond donors (Lipinski definition) is 1. The molecule has 0 amide bonds. The van der Waals surface area contributed by atoms with E-state index in [1.807, 2.05) is 6.07 Å². The number of benzene rings is 1. The summed E-state index contributed by atoms with van der Waals surface area (Å²) in [7, 11) is 0. The molecular formula is C12H16O. The third-order valence-corrected chi connectivity index (χ3v) is 3.11. The van der Waals surface area contributed by atoms with Gasteiger partial charge < -0.3 is 5.11 Å². The van der Waals surface area contributed by atoms with E-state index in [4.69, 9.17) is 0 Å². The SMILES string of the molecule is C[C@H]1CC(C)(C)c2ccc(O)cc21. The van der Waals surface area contributed by atoms with E-state index in [1.54, 1.807) is 6.07 Å². The Hall–Kier alpha value is -0.980. The van der Waals surface area contributed by atoms with E-state index in [9.17, 15) is 5.11 Å². The Morgan fingerprint density at radius 1 is 1.38 bits per heavy atom. The Morgan fingerprint density at radius 2 is 2.08 bits per heavy atom. The zero-order valence-corrected chi connectivity index (χ0v) is 8.46. The molecule has 1 aliphatic carbocycles. The third kappa shape index (κ3) is 1.23. The predicted octanol–water partition coefficient (Wildman–Crippen LogP) is 3.18. The van der Waals surface area contributed by atoms with Crippen molar-refractivity contribution in [3.05, 3.63) is 29.3 Å². The monoisotopic (exact) mass is 176 g/mol. The van der Waals surface area contributed by atoms with Gasteiger partial charge in [0, 0.05) is 0 Å². The molecule has 13 heavy (non-hydrogen) atoms. The van der Waals surface area contributed by atoms with Crippen molar-refractivity contribution < 1.29 is 5.11 Å². The molecule has 0 fully saturated rings. The normalized spacial score (nSPS) is 24.4. The maximum Gasteiger partial charge on any atom is 0.115 e. The van der Waals surface area contributed by atoms with Crippen LogP contribution in [0.2, 0.25) is 0 Å². The second-order valence-corrected chi connectivity index (χ2v) is 4.76. The minimum atomic E-state index is 0.280. The molecule has 0 aromatic heterocycles. The molecule has 0 saturated carbocycles. The highest BCUT2D eigenvalue weighted by Crippen LogP contribution is 2.46. The van der Waals surface area contributed by atoms with Gasteiger partial charge in [0.1, 0.15) is 5.75 Å². The van der Waals surface area contributed by atoms with E-state index < -0.39 is 0 Å². The van der Waals surface area contributed by atoms with Crippen molar-refractivity contribution in [2.24, 2.45) is 0 Å². The summed E-state index contributed by atoms with van der Waals surface area (Å²) in [5.74, 6) is 0.973. The summed E-state index contributed by atoms with van der Waals surface area (Å²) in [5, 5.41) is 9.38. The fourth-order valence-corrected chi connectivity index (χ4v) is 2.56. The summed E-state index contributed by atoms with van der Waals surface area (Å²) in [6.07, 6.45) is 1.19. The van der Waals surface area contributed by atoms with Gasteiger partial charge in [0.15, 0.2) is 0 Å². The lowest BCUT2D eigenvalue weighted by molar-refractivity contribution is 0.474. The van der Waals surface area contributed by atoms with Gasteiger partial charge in [-0.25, -0.2) is 0 Å². The Labute approximate surface area is 79.4 Å². The molecule has 0 unspecified atom stereocenters.